The summed E-state index contributed by atoms with van der Waals surface area (Å²) >= 11 is 0. The van der Waals surface area contributed by atoms with E-state index in [0.717, 1.165) is 6.07 Å². The topological polar surface area (TPSA) is 129 Å². The lowest BCUT2D eigenvalue weighted by molar-refractivity contribution is -0.138. The first-order valence-electron chi connectivity index (χ1n) is 8.75. The van der Waals surface area contributed by atoms with Gasteiger partial charge in [0.15, 0.2) is 0 Å². The lowest BCUT2D eigenvalue weighted by atomic mass is 10.1. The van der Waals surface area contributed by atoms with Gasteiger partial charge >= 0.3 is 12.1 Å². The van der Waals surface area contributed by atoms with Crippen LogP contribution in [0.15, 0.2) is 47.3 Å². The molecule has 31 heavy (non-hydrogen) atoms. The number of fused-ring (bicyclic) bond motifs is 1. The minimum absolute atomic E-state index is 0.0584. The highest BCUT2D eigenvalue weighted by Gasteiger charge is 2.33. The Morgan fingerprint density at radius 2 is 1.84 bits per heavy atom. The van der Waals surface area contributed by atoms with Gasteiger partial charge < -0.3 is 25.3 Å². The summed E-state index contributed by atoms with van der Waals surface area (Å²) in [5.74, 6) is -2.97. The molecule has 162 valence electrons. The van der Waals surface area contributed by atoms with Crippen molar-refractivity contribution in [3.05, 3.63) is 69.5 Å². The third kappa shape index (κ3) is 4.77. The molecule has 0 unspecified atom stereocenters. The number of carbonyl (C=O) groups excluding carboxylic acids is 1. The van der Waals surface area contributed by atoms with Crippen LogP contribution in [0.4, 0.5) is 13.2 Å². The van der Waals surface area contributed by atoms with Crippen molar-refractivity contribution in [2.45, 2.75) is 12.8 Å². The molecule has 1 heterocycles. The number of carboxylic acid groups (broad SMARTS) is 1. The second-order valence-corrected chi connectivity index (χ2v) is 6.41. The van der Waals surface area contributed by atoms with Crippen LogP contribution in [0.3, 0.4) is 0 Å². The van der Waals surface area contributed by atoms with E-state index in [9.17, 15) is 32.7 Å². The zero-order valence-corrected chi connectivity index (χ0v) is 15.6. The fourth-order valence-electron chi connectivity index (χ4n) is 2.89. The molecule has 0 aliphatic carbocycles. The van der Waals surface area contributed by atoms with Crippen molar-refractivity contribution >= 4 is 22.8 Å². The number of halogens is 3. The van der Waals surface area contributed by atoms with Crippen molar-refractivity contribution in [3.8, 4) is 11.5 Å². The monoisotopic (exact) mass is 436 g/mol. The molecule has 0 aliphatic heterocycles. The van der Waals surface area contributed by atoms with E-state index in [1.807, 2.05) is 5.32 Å². The zero-order valence-electron chi connectivity index (χ0n) is 15.6. The molecule has 2 aromatic carbocycles. The summed E-state index contributed by atoms with van der Waals surface area (Å²) in [6, 6.07) is 8.85. The van der Waals surface area contributed by atoms with E-state index in [-0.39, 0.29) is 22.2 Å². The van der Waals surface area contributed by atoms with Gasteiger partial charge in [-0.1, -0.05) is 18.2 Å². The van der Waals surface area contributed by atoms with Gasteiger partial charge in [0.05, 0.1) is 11.1 Å². The third-order valence-corrected chi connectivity index (χ3v) is 4.30. The SMILES string of the molecule is O=C(O)CNC(=O)c1c(O)c2ccc(OCc3ccccc3C(F)(F)F)cc2[nH]c1=O. The summed E-state index contributed by atoms with van der Waals surface area (Å²) in [6.45, 7) is -1.14. The van der Waals surface area contributed by atoms with Gasteiger partial charge in [-0.15, -0.1) is 0 Å². The Balaban J connectivity index is 1.88. The van der Waals surface area contributed by atoms with Crippen molar-refractivity contribution in [3.63, 3.8) is 0 Å². The van der Waals surface area contributed by atoms with Gasteiger partial charge in [0.1, 0.15) is 30.2 Å². The number of aromatic nitrogens is 1. The van der Waals surface area contributed by atoms with Crippen LogP contribution in [0, 0.1) is 0 Å². The number of ether oxygens (including phenoxy) is 1. The Kier molecular flexibility index (Phi) is 5.86. The first-order valence-corrected chi connectivity index (χ1v) is 8.75. The summed E-state index contributed by atoms with van der Waals surface area (Å²) < 4.78 is 44.7. The minimum Gasteiger partial charge on any atom is -0.506 e. The number of aliphatic carboxylic acids is 1. The van der Waals surface area contributed by atoms with Crippen LogP contribution in [0.1, 0.15) is 21.5 Å². The molecule has 3 rings (SSSR count). The van der Waals surface area contributed by atoms with E-state index in [2.05, 4.69) is 4.98 Å². The van der Waals surface area contributed by atoms with Gasteiger partial charge in [0.2, 0.25) is 0 Å². The van der Waals surface area contributed by atoms with Gasteiger partial charge in [-0.05, 0) is 18.2 Å². The Labute approximate surface area is 171 Å². The molecule has 1 aromatic heterocycles. The number of alkyl halides is 3. The molecule has 0 saturated heterocycles. The molecule has 11 heteroatoms. The lowest BCUT2D eigenvalue weighted by Gasteiger charge is -2.14. The van der Waals surface area contributed by atoms with Crippen LogP contribution in [0.5, 0.6) is 11.5 Å². The molecule has 0 fully saturated rings. The number of aromatic hydroxyl groups is 1. The van der Waals surface area contributed by atoms with E-state index >= 15 is 0 Å². The average Bonchev–Trinajstić information content (AvgIpc) is 2.70. The average molecular weight is 436 g/mol. The molecule has 3 aromatic rings. The number of nitrogens with one attached hydrogen (secondary N) is 2. The zero-order chi connectivity index (χ0) is 22.8. The molecule has 0 aliphatic rings. The van der Waals surface area contributed by atoms with E-state index in [0.29, 0.717) is 0 Å². The molecule has 0 radical (unpaired) electrons. The van der Waals surface area contributed by atoms with Gasteiger partial charge in [-0.3, -0.25) is 14.4 Å². The highest BCUT2D eigenvalue weighted by atomic mass is 19.4. The van der Waals surface area contributed by atoms with E-state index in [1.54, 1.807) is 0 Å². The largest absolute Gasteiger partial charge is 0.506 e. The van der Waals surface area contributed by atoms with Crippen LogP contribution >= 0.6 is 0 Å². The van der Waals surface area contributed by atoms with Crippen molar-refractivity contribution in [2.24, 2.45) is 0 Å². The number of aromatic amines is 1. The first kappa shape index (κ1) is 21.7. The Hall–Kier alpha value is -4.02. The van der Waals surface area contributed by atoms with Crippen LogP contribution in [0.25, 0.3) is 10.9 Å². The van der Waals surface area contributed by atoms with E-state index in [1.165, 1.54) is 36.4 Å². The molecule has 8 nitrogen and oxygen atoms in total. The predicted octanol–water partition coefficient (Wildman–Crippen LogP) is 2.65. The van der Waals surface area contributed by atoms with Crippen molar-refractivity contribution in [2.75, 3.05) is 6.54 Å². The summed E-state index contributed by atoms with van der Waals surface area (Å²) in [6.07, 6.45) is -4.54. The molecule has 1 amide bonds. The maximum atomic E-state index is 13.1. The van der Waals surface area contributed by atoms with E-state index in [4.69, 9.17) is 9.84 Å². The number of benzene rings is 2. The van der Waals surface area contributed by atoms with Gasteiger partial charge in [0.25, 0.3) is 11.5 Å². The number of pyridine rings is 1. The summed E-state index contributed by atoms with van der Waals surface area (Å²) in [5.41, 5.74) is -2.50. The molecule has 0 bridgehead atoms. The molecule has 0 saturated carbocycles. The Bertz CT molecular complexity index is 1220. The lowest BCUT2D eigenvalue weighted by Crippen LogP contribution is -2.33. The standard InChI is InChI=1S/C20H15F3N2O6/c21-20(22,23)13-4-2-1-3-10(13)9-31-11-5-6-12-14(7-11)25-19(30)16(17(12)28)18(29)24-8-15(26)27/h1-7H,8-9H2,(H,24,29)(H,26,27)(H2,25,28,30). The molecule has 4 N–H and O–H groups in total. The molecule has 0 atom stereocenters. The molecular weight excluding hydrogens is 421 g/mol. The number of rotatable bonds is 6. The van der Waals surface area contributed by atoms with Crippen LogP contribution in [-0.2, 0) is 17.6 Å². The smallest absolute Gasteiger partial charge is 0.416 e. The number of hydrogen-bond donors (Lipinski definition) is 4. The van der Waals surface area contributed by atoms with Gasteiger partial charge in [-0.2, -0.15) is 13.2 Å². The number of amides is 1. The number of carboxylic acids is 1. The number of carbonyl (C=O) groups is 2. The summed E-state index contributed by atoms with van der Waals surface area (Å²) in [4.78, 5) is 37.1. The predicted molar refractivity (Wildman–Crippen MR) is 102 cm³/mol. The number of hydrogen-bond acceptors (Lipinski definition) is 5. The highest BCUT2D eigenvalue weighted by Crippen LogP contribution is 2.33. The van der Waals surface area contributed by atoms with Crippen molar-refractivity contribution < 1.29 is 37.7 Å². The second kappa shape index (κ2) is 8.38. The maximum absolute atomic E-state index is 13.1. The van der Waals surface area contributed by atoms with E-state index < -0.39 is 53.6 Å². The Morgan fingerprint density at radius 3 is 2.52 bits per heavy atom. The van der Waals surface area contributed by atoms with Crippen molar-refractivity contribution in [1.29, 1.82) is 0 Å². The summed E-state index contributed by atoms with van der Waals surface area (Å²) in [7, 11) is 0. The minimum atomic E-state index is -4.54. The molecule has 0 spiro atoms. The van der Waals surface area contributed by atoms with Gasteiger partial charge in [-0.25, -0.2) is 0 Å². The number of H-pyrrole nitrogens is 1. The second-order valence-electron chi connectivity index (χ2n) is 6.41. The van der Waals surface area contributed by atoms with Crippen LogP contribution in [0.2, 0.25) is 0 Å². The van der Waals surface area contributed by atoms with Crippen LogP contribution in [-0.4, -0.2) is 33.6 Å². The van der Waals surface area contributed by atoms with Crippen molar-refractivity contribution in [1.82, 2.24) is 10.3 Å². The van der Waals surface area contributed by atoms with Crippen LogP contribution < -0.4 is 15.6 Å². The normalized spacial score (nSPS) is 11.3. The fourth-order valence-corrected chi connectivity index (χ4v) is 2.89. The highest BCUT2D eigenvalue weighted by molar-refractivity contribution is 6.03. The maximum Gasteiger partial charge on any atom is 0.416 e. The molecular formula is C20H15F3N2O6. The van der Waals surface area contributed by atoms with Gasteiger partial charge in [0, 0.05) is 17.0 Å². The Morgan fingerprint density at radius 1 is 1.13 bits per heavy atom. The quantitative estimate of drug-likeness (QED) is 0.470. The first-order chi connectivity index (χ1) is 14.6. The fraction of sp³-hybridized carbons (Fsp3) is 0.150. The summed E-state index contributed by atoms with van der Waals surface area (Å²) in [5, 5.41) is 20.9. The third-order valence-electron chi connectivity index (χ3n) is 4.30.